The Morgan fingerprint density at radius 3 is 2.64 bits per heavy atom. The highest BCUT2D eigenvalue weighted by Gasteiger charge is 2.16. The van der Waals surface area contributed by atoms with E-state index < -0.39 is 0 Å². The number of ether oxygens (including phenoxy) is 1. The van der Waals surface area contributed by atoms with Gasteiger partial charge in [-0.05, 0) is 26.0 Å². The molecule has 0 unspecified atom stereocenters. The van der Waals surface area contributed by atoms with Crippen molar-refractivity contribution in [1.29, 1.82) is 0 Å². The SMILES string of the molecule is Cc1ccc(OCc2c(CN)nnn2-c2nc(C)cs2)cc1. The van der Waals surface area contributed by atoms with Gasteiger partial charge in [0.15, 0.2) is 0 Å². The summed E-state index contributed by atoms with van der Waals surface area (Å²) in [6, 6.07) is 7.91. The molecular weight excluding hydrogens is 298 g/mol. The van der Waals surface area contributed by atoms with Crippen LogP contribution in [0.3, 0.4) is 0 Å². The Balaban J connectivity index is 1.85. The zero-order chi connectivity index (χ0) is 15.5. The number of thiazole rings is 1. The van der Waals surface area contributed by atoms with Crippen LogP contribution in [0.1, 0.15) is 22.6 Å². The van der Waals surface area contributed by atoms with E-state index in [9.17, 15) is 0 Å². The highest BCUT2D eigenvalue weighted by molar-refractivity contribution is 7.12. The quantitative estimate of drug-likeness (QED) is 0.782. The number of nitrogens with zero attached hydrogens (tertiary/aromatic N) is 4. The van der Waals surface area contributed by atoms with Gasteiger partial charge in [-0.15, -0.1) is 16.4 Å². The van der Waals surface area contributed by atoms with Crippen molar-refractivity contribution in [3.05, 3.63) is 52.3 Å². The van der Waals surface area contributed by atoms with Gasteiger partial charge in [0.05, 0.1) is 5.69 Å². The van der Waals surface area contributed by atoms with Gasteiger partial charge in [-0.25, -0.2) is 4.98 Å². The third kappa shape index (κ3) is 3.00. The third-order valence-corrected chi connectivity index (χ3v) is 4.16. The van der Waals surface area contributed by atoms with Crippen LogP contribution in [0.25, 0.3) is 5.13 Å². The first kappa shape index (κ1) is 14.7. The van der Waals surface area contributed by atoms with Crippen LogP contribution in [0.15, 0.2) is 29.6 Å². The molecule has 0 saturated heterocycles. The van der Waals surface area contributed by atoms with Gasteiger partial charge < -0.3 is 10.5 Å². The summed E-state index contributed by atoms with van der Waals surface area (Å²) in [4.78, 5) is 4.44. The molecule has 0 radical (unpaired) electrons. The Bertz CT molecular complexity index is 763. The summed E-state index contributed by atoms with van der Waals surface area (Å²) in [5.41, 5.74) is 9.45. The van der Waals surface area contributed by atoms with Gasteiger partial charge in [0.2, 0.25) is 5.13 Å². The topological polar surface area (TPSA) is 78.9 Å². The van der Waals surface area contributed by atoms with Gasteiger partial charge in [-0.2, -0.15) is 4.68 Å². The van der Waals surface area contributed by atoms with Crippen molar-refractivity contribution < 1.29 is 4.74 Å². The molecule has 2 N–H and O–H groups in total. The minimum absolute atomic E-state index is 0.316. The maximum atomic E-state index is 5.84. The maximum Gasteiger partial charge on any atom is 0.212 e. The Hall–Kier alpha value is -2.25. The van der Waals surface area contributed by atoms with Crippen LogP contribution in [0, 0.1) is 13.8 Å². The first-order chi connectivity index (χ1) is 10.7. The normalized spacial score (nSPS) is 10.9. The molecule has 0 atom stereocenters. The second-order valence-electron chi connectivity index (χ2n) is 4.97. The Labute approximate surface area is 132 Å². The number of hydrogen-bond acceptors (Lipinski definition) is 6. The van der Waals surface area contributed by atoms with Gasteiger partial charge in [-0.3, -0.25) is 0 Å². The van der Waals surface area contributed by atoms with E-state index in [1.165, 1.54) is 16.9 Å². The lowest BCUT2D eigenvalue weighted by molar-refractivity contribution is 0.296. The van der Waals surface area contributed by atoms with Crippen LogP contribution in [-0.2, 0) is 13.2 Å². The van der Waals surface area contributed by atoms with Crippen molar-refractivity contribution in [3.8, 4) is 10.9 Å². The molecular formula is C15H17N5OS. The molecule has 1 aromatic carbocycles. The second-order valence-corrected chi connectivity index (χ2v) is 5.81. The van der Waals surface area contributed by atoms with Crippen molar-refractivity contribution in [2.45, 2.75) is 27.0 Å². The molecule has 2 aromatic heterocycles. The van der Waals surface area contributed by atoms with E-state index in [2.05, 4.69) is 15.3 Å². The smallest absolute Gasteiger partial charge is 0.212 e. The standard InChI is InChI=1S/C15H17N5OS/c1-10-3-5-12(6-4-10)21-8-14-13(7-16)18-19-20(14)15-17-11(2)9-22-15/h3-6,9H,7-8,16H2,1-2H3. The Morgan fingerprint density at radius 1 is 1.23 bits per heavy atom. The Kier molecular flexibility index (Phi) is 4.17. The fourth-order valence-electron chi connectivity index (χ4n) is 2.01. The fraction of sp³-hybridized carbons (Fsp3) is 0.267. The van der Waals surface area contributed by atoms with Crippen LogP contribution in [0.5, 0.6) is 5.75 Å². The summed E-state index contributed by atoms with van der Waals surface area (Å²) in [5, 5.41) is 11.0. The van der Waals surface area contributed by atoms with Crippen molar-refractivity contribution >= 4 is 11.3 Å². The van der Waals surface area contributed by atoms with Crippen LogP contribution < -0.4 is 10.5 Å². The van der Waals surface area contributed by atoms with Crippen molar-refractivity contribution in [3.63, 3.8) is 0 Å². The van der Waals surface area contributed by atoms with Crippen molar-refractivity contribution in [1.82, 2.24) is 20.0 Å². The van der Waals surface area contributed by atoms with Gasteiger partial charge in [0.1, 0.15) is 23.7 Å². The van der Waals surface area contributed by atoms with Crippen molar-refractivity contribution in [2.75, 3.05) is 0 Å². The molecule has 3 rings (SSSR count). The van der Waals surface area contributed by atoms with Crippen LogP contribution >= 0.6 is 11.3 Å². The summed E-state index contributed by atoms with van der Waals surface area (Å²) in [5.74, 6) is 0.802. The average molecular weight is 315 g/mol. The van der Waals surface area contributed by atoms with E-state index in [1.54, 1.807) is 4.68 Å². The highest BCUT2D eigenvalue weighted by atomic mass is 32.1. The van der Waals surface area contributed by atoms with Crippen LogP contribution in [0.2, 0.25) is 0 Å². The molecule has 0 aliphatic rings. The molecule has 0 saturated carbocycles. The lowest BCUT2D eigenvalue weighted by atomic mass is 10.2. The van der Waals surface area contributed by atoms with Gasteiger partial charge >= 0.3 is 0 Å². The minimum atomic E-state index is 0.316. The van der Waals surface area contributed by atoms with Crippen LogP contribution in [0.4, 0.5) is 0 Å². The zero-order valence-corrected chi connectivity index (χ0v) is 13.3. The number of benzene rings is 1. The molecule has 0 aliphatic heterocycles. The number of hydrogen-bond donors (Lipinski definition) is 1. The second kappa shape index (κ2) is 6.25. The summed E-state index contributed by atoms with van der Waals surface area (Å²) >= 11 is 1.52. The van der Waals surface area contributed by atoms with Gasteiger partial charge in [0, 0.05) is 11.9 Å². The van der Waals surface area contributed by atoms with E-state index in [0.717, 1.165) is 28.0 Å². The average Bonchev–Trinajstić information content (AvgIpc) is 3.12. The molecule has 3 aromatic rings. The molecule has 22 heavy (non-hydrogen) atoms. The largest absolute Gasteiger partial charge is 0.487 e. The monoisotopic (exact) mass is 315 g/mol. The number of aromatic nitrogens is 4. The number of aryl methyl sites for hydroxylation is 2. The number of nitrogens with two attached hydrogens (primary N) is 1. The summed E-state index contributed by atoms with van der Waals surface area (Å²) < 4.78 is 7.54. The predicted octanol–water partition coefficient (Wildman–Crippen LogP) is 2.38. The molecule has 0 spiro atoms. The zero-order valence-electron chi connectivity index (χ0n) is 12.5. The van der Waals surface area contributed by atoms with E-state index >= 15 is 0 Å². The molecule has 2 heterocycles. The molecule has 0 aliphatic carbocycles. The predicted molar refractivity (Wildman–Crippen MR) is 85.2 cm³/mol. The molecule has 0 bridgehead atoms. The Morgan fingerprint density at radius 2 is 2.00 bits per heavy atom. The lowest BCUT2D eigenvalue weighted by Crippen LogP contribution is -2.09. The molecule has 0 amide bonds. The highest BCUT2D eigenvalue weighted by Crippen LogP contribution is 2.19. The fourth-order valence-corrected chi connectivity index (χ4v) is 2.79. The molecule has 7 heteroatoms. The van der Waals surface area contributed by atoms with E-state index in [1.807, 2.05) is 43.5 Å². The first-order valence-corrected chi connectivity index (χ1v) is 7.81. The van der Waals surface area contributed by atoms with Gasteiger partial charge in [0.25, 0.3) is 0 Å². The first-order valence-electron chi connectivity index (χ1n) is 6.93. The summed E-state index contributed by atoms with van der Waals surface area (Å²) in [6.45, 7) is 4.65. The van der Waals surface area contributed by atoms with E-state index in [0.29, 0.717) is 13.2 Å². The van der Waals surface area contributed by atoms with Crippen LogP contribution in [-0.4, -0.2) is 20.0 Å². The van der Waals surface area contributed by atoms with Crippen molar-refractivity contribution in [2.24, 2.45) is 5.73 Å². The molecule has 0 fully saturated rings. The number of rotatable bonds is 5. The third-order valence-electron chi connectivity index (χ3n) is 3.22. The summed E-state index contributed by atoms with van der Waals surface area (Å²) in [6.07, 6.45) is 0. The summed E-state index contributed by atoms with van der Waals surface area (Å²) in [7, 11) is 0. The van der Waals surface area contributed by atoms with E-state index in [4.69, 9.17) is 10.5 Å². The van der Waals surface area contributed by atoms with E-state index in [-0.39, 0.29) is 0 Å². The molecule has 6 nitrogen and oxygen atoms in total. The van der Waals surface area contributed by atoms with Gasteiger partial charge in [-0.1, -0.05) is 22.9 Å². The minimum Gasteiger partial charge on any atom is -0.487 e. The molecule has 114 valence electrons. The maximum absolute atomic E-state index is 5.84. The lowest BCUT2D eigenvalue weighted by Gasteiger charge is -2.08.